The second-order valence-corrected chi connectivity index (χ2v) is 5.85. The molecule has 0 aliphatic rings. The van der Waals surface area contributed by atoms with E-state index >= 15 is 0 Å². The molecule has 4 heteroatoms. The molecule has 0 fully saturated rings. The molecule has 2 aromatic carbocycles. The molecule has 0 atom stereocenters. The number of benzene rings is 2. The van der Waals surface area contributed by atoms with Crippen LogP contribution in [-0.4, -0.2) is 18.0 Å². The minimum atomic E-state index is -0.200. The van der Waals surface area contributed by atoms with E-state index in [4.69, 9.17) is 4.74 Å². The van der Waals surface area contributed by atoms with Gasteiger partial charge in [0.05, 0.1) is 29.7 Å². The fraction of sp³-hybridized carbons (Fsp3) is 0.143. The maximum atomic E-state index is 12.7. The molecule has 0 saturated heterocycles. The van der Waals surface area contributed by atoms with Crippen molar-refractivity contribution in [2.45, 2.75) is 13.8 Å². The molecule has 1 aromatic heterocycles. The first-order valence-electron chi connectivity index (χ1n) is 8.07. The lowest BCUT2D eigenvalue weighted by molar-refractivity contribution is 0.102. The number of nitrogens with one attached hydrogen (secondary N) is 1. The van der Waals surface area contributed by atoms with Crippen molar-refractivity contribution in [3.63, 3.8) is 0 Å². The first-order valence-corrected chi connectivity index (χ1v) is 8.07. The Kier molecular flexibility index (Phi) is 4.80. The van der Waals surface area contributed by atoms with Crippen LogP contribution in [0.4, 0.5) is 5.69 Å². The van der Waals surface area contributed by atoms with Crippen molar-refractivity contribution in [2.24, 2.45) is 0 Å². The highest BCUT2D eigenvalue weighted by Crippen LogP contribution is 2.26. The normalized spacial score (nSPS) is 10.4. The maximum absolute atomic E-state index is 12.7. The summed E-state index contributed by atoms with van der Waals surface area (Å²) < 4.78 is 5.31. The van der Waals surface area contributed by atoms with Crippen LogP contribution in [0.1, 0.15) is 21.6 Å². The number of amides is 1. The van der Waals surface area contributed by atoms with Crippen LogP contribution in [0.3, 0.4) is 0 Å². The number of nitrogens with zero attached hydrogens (tertiary/aromatic N) is 1. The molecule has 0 unspecified atom stereocenters. The molecule has 0 spiro atoms. The molecule has 126 valence electrons. The highest BCUT2D eigenvalue weighted by Gasteiger charge is 2.14. The van der Waals surface area contributed by atoms with Crippen LogP contribution >= 0.6 is 0 Å². The van der Waals surface area contributed by atoms with Crippen molar-refractivity contribution in [2.75, 3.05) is 12.4 Å². The molecule has 0 aliphatic carbocycles. The van der Waals surface area contributed by atoms with Crippen molar-refractivity contribution in [1.29, 1.82) is 0 Å². The minimum absolute atomic E-state index is 0.200. The number of ether oxygens (including phenoxy) is 1. The van der Waals surface area contributed by atoms with Crippen molar-refractivity contribution in [1.82, 2.24) is 4.98 Å². The zero-order chi connectivity index (χ0) is 17.8. The molecule has 25 heavy (non-hydrogen) atoms. The van der Waals surface area contributed by atoms with Gasteiger partial charge in [-0.25, -0.2) is 0 Å². The number of pyridine rings is 1. The van der Waals surface area contributed by atoms with Crippen molar-refractivity contribution < 1.29 is 9.53 Å². The summed E-state index contributed by atoms with van der Waals surface area (Å²) in [5.41, 5.74) is 4.80. The van der Waals surface area contributed by atoms with Crippen LogP contribution in [0.25, 0.3) is 11.3 Å². The third kappa shape index (κ3) is 3.69. The average Bonchev–Trinajstić information content (AvgIpc) is 2.62. The summed E-state index contributed by atoms with van der Waals surface area (Å²) >= 11 is 0. The van der Waals surface area contributed by atoms with E-state index in [1.165, 1.54) is 0 Å². The highest BCUT2D eigenvalue weighted by molar-refractivity contribution is 6.05. The lowest BCUT2D eigenvalue weighted by Gasteiger charge is -2.12. The second-order valence-electron chi connectivity index (χ2n) is 5.85. The van der Waals surface area contributed by atoms with E-state index in [9.17, 15) is 4.79 Å². The van der Waals surface area contributed by atoms with E-state index in [2.05, 4.69) is 10.3 Å². The largest absolute Gasteiger partial charge is 0.495 e. The van der Waals surface area contributed by atoms with Gasteiger partial charge in [0, 0.05) is 5.56 Å². The van der Waals surface area contributed by atoms with Gasteiger partial charge in [-0.1, -0.05) is 36.4 Å². The number of hydrogen-bond acceptors (Lipinski definition) is 3. The summed E-state index contributed by atoms with van der Waals surface area (Å²) in [4.78, 5) is 17.2. The monoisotopic (exact) mass is 332 g/mol. The number of methoxy groups -OCH3 is 1. The molecular weight excluding hydrogens is 312 g/mol. The van der Waals surface area contributed by atoms with Gasteiger partial charge in [0.25, 0.3) is 5.91 Å². The smallest absolute Gasteiger partial charge is 0.257 e. The standard InChI is InChI=1S/C21H20N2O2/c1-14-9-12-20(25-3)19(13-14)23-21(24)17-10-11-18(22-15(17)2)16-7-5-4-6-8-16/h4-13H,1-3H3,(H,23,24). The summed E-state index contributed by atoms with van der Waals surface area (Å²) in [6, 6.07) is 19.2. The van der Waals surface area contributed by atoms with Gasteiger partial charge < -0.3 is 10.1 Å². The van der Waals surface area contributed by atoms with Gasteiger partial charge in [0.15, 0.2) is 0 Å². The number of carbonyl (C=O) groups excluding carboxylic acids is 1. The molecule has 3 rings (SSSR count). The van der Waals surface area contributed by atoms with Gasteiger partial charge in [0.1, 0.15) is 5.75 Å². The molecule has 0 saturated carbocycles. The Labute approximate surface area is 147 Å². The number of aryl methyl sites for hydroxylation is 2. The molecule has 1 N–H and O–H groups in total. The summed E-state index contributed by atoms with van der Waals surface area (Å²) in [5.74, 6) is 0.430. The van der Waals surface area contributed by atoms with E-state index < -0.39 is 0 Å². The van der Waals surface area contributed by atoms with Gasteiger partial charge in [-0.05, 0) is 43.7 Å². The van der Waals surface area contributed by atoms with E-state index in [-0.39, 0.29) is 5.91 Å². The van der Waals surface area contributed by atoms with E-state index in [0.717, 1.165) is 16.8 Å². The molecular formula is C21H20N2O2. The average molecular weight is 332 g/mol. The Morgan fingerprint density at radius 3 is 2.44 bits per heavy atom. The molecule has 3 aromatic rings. The van der Waals surface area contributed by atoms with Gasteiger partial charge in [-0.3, -0.25) is 9.78 Å². The van der Waals surface area contributed by atoms with E-state index in [1.807, 2.05) is 74.5 Å². The molecule has 0 radical (unpaired) electrons. The van der Waals surface area contributed by atoms with Crippen LogP contribution in [0, 0.1) is 13.8 Å². The predicted octanol–water partition coefficient (Wildman–Crippen LogP) is 4.63. The second kappa shape index (κ2) is 7.18. The molecule has 0 bridgehead atoms. The van der Waals surface area contributed by atoms with Crippen LogP contribution in [0.5, 0.6) is 5.75 Å². The fourth-order valence-corrected chi connectivity index (χ4v) is 2.68. The first kappa shape index (κ1) is 16.7. The van der Waals surface area contributed by atoms with Crippen LogP contribution in [0.15, 0.2) is 60.7 Å². The lowest BCUT2D eigenvalue weighted by atomic mass is 10.1. The Morgan fingerprint density at radius 2 is 1.76 bits per heavy atom. The summed E-state index contributed by atoms with van der Waals surface area (Å²) in [6.45, 7) is 3.81. The quantitative estimate of drug-likeness (QED) is 0.758. The molecule has 1 amide bonds. The highest BCUT2D eigenvalue weighted by atomic mass is 16.5. The van der Waals surface area contributed by atoms with Crippen LogP contribution < -0.4 is 10.1 Å². The van der Waals surface area contributed by atoms with E-state index in [1.54, 1.807) is 7.11 Å². The maximum Gasteiger partial charge on any atom is 0.257 e. The number of carbonyl (C=O) groups is 1. The first-order chi connectivity index (χ1) is 12.1. The lowest BCUT2D eigenvalue weighted by Crippen LogP contribution is -2.15. The number of rotatable bonds is 4. The SMILES string of the molecule is COc1ccc(C)cc1NC(=O)c1ccc(-c2ccccc2)nc1C. The number of anilines is 1. The molecule has 0 aliphatic heterocycles. The molecule has 1 heterocycles. The van der Waals surface area contributed by atoms with Crippen LogP contribution in [-0.2, 0) is 0 Å². The third-order valence-corrected chi connectivity index (χ3v) is 4.00. The summed E-state index contributed by atoms with van der Waals surface area (Å²) in [7, 11) is 1.59. The molecule has 4 nitrogen and oxygen atoms in total. The van der Waals surface area contributed by atoms with Crippen molar-refractivity contribution in [3.8, 4) is 17.0 Å². The Bertz CT molecular complexity index is 905. The van der Waals surface area contributed by atoms with Crippen molar-refractivity contribution in [3.05, 3.63) is 77.5 Å². The zero-order valence-electron chi connectivity index (χ0n) is 14.5. The van der Waals surface area contributed by atoms with Crippen LogP contribution in [0.2, 0.25) is 0 Å². The number of hydrogen-bond donors (Lipinski definition) is 1. The van der Waals surface area contributed by atoms with Gasteiger partial charge in [-0.15, -0.1) is 0 Å². The predicted molar refractivity (Wildman–Crippen MR) is 100 cm³/mol. The fourth-order valence-electron chi connectivity index (χ4n) is 2.68. The van der Waals surface area contributed by atoms with Gasteiger partial charge in [0.2, 0.25) is 0 Å². The Morgan fingerprint density at radius 1 is 1.00 bits per heavy atom. The third-order valence-electron chi connectivity index (χ3n) is 4.00. The topological polar surface area (TPSA) is 51.2 Å². The van der Waals surface area contributed by atoms with Gasteiger partial charge >= 0.3 is 0 Å². The zero-order valence-corrected chi connectivity index (χ0v) is 14.5. The van der Waals surface area contributed by atoms with Crippen molar-refractivity contribution >= 4 is 11.6 Å². The van der Waals surface area contributed by atoms with Gasteiger partial charge in [-0.2, -0.15) is 0 Å². The summed E-state index contributed by atoms with van der Waals surface area (Å²) in [6.07, 6.45) is 0. The summed E-state index contributed by atoms with van der Waals surface area (Å²) in [5, 5.41) is 2.91. The number of aromatic nitrogens is 1. The Hall–Kier alpha value is -3.14. The minimum Gasteiger partial charge on any atom is -0.495 e. The van der Waals surface area contributed by atoms with E-state index in [0.29, 0.717) is 22.7 Å². The Balaban J connectivity index is 1.87.